The van der Waals surface area contributed by atoms with Crippen LogP contribution < -0.4 is 4.74 Å². The predicted molar refractivity (Wildman–Crippen MR) is 85.1 cm³/mol. The topological polar surface area (TPSA) is 29.5 Å². The summed E-state index contributed by atoms with van der Waals surface area (Å²) in [5, 5.41) is 11.3. The highest BCUT2D eigenvalue weighted by atomic mass is 35.5. The smallest absolute Gasteiger partial charge is 0.119 e. The fourth-order valence-electron chi connectivity index (χ4n) is 1.49. The Labute approximate surface area is 132 Å². The van der Waals surface area contributed by atoms with Crippen molar-refractivity contribution in [3.63, 3.8) is 0 Å². The van der Waals surface area contributed by atoms with Gasteiger partial charge in [-0.05, 0) is 48.5 Å². The summed E-state index contributed by atoms with van der Waals surface area (Å²) in [6.07, 6.45) is -0.536. The third-order valence-corrected chi connectivity index (χ3v) is 4.17. The summed E-state index contributed by atoms with van der Waals surface area (Å²) in [7, 11) is 0. The van der Waals surface area contributed by atoms with Gasteiger partial charge in [0.25, 0.3) is 0 Å². The van der Waals surface area contributed by atoms with Crippen molar-refractivity contribution in [3.05, 3.63) is 58.6 Å². The first-order chi connectivity index (χ1) is 9.63. The zero-order chi connectivity index (χ0) is 14.4. The first kappa shape index (κ1) is 15.5. The molecule has 1 N–H and O–H groups in total. The molecule has 0 aliphatic carbocycles. The van der Waals surface area contributed by atoms with E-state index in [4.69, 9.17) is 27.9 Å². The average molecular weight is 329 g/mol. The molecular formula is C15H14Cl2O2S. The Morgan fingerprint density at radius 3 is 2.10 bits per heavy atom. The van der Waals surface area contributed by atoms with Gasteiger partial charge < -0.3 is 9.84 Å². The van der Waals surface area contributed by atoms with E-state index in [2.05, 4.69) is 0 Å². The molecule has 2 nitrogen and oxygen atoms in total. The minimum Gasteiger partial charge on any atom is -0.491 e. The quantitative estimate of drug-likeness (QED) is 0.790. The molecule has 1 atom stereocenters. The maximum Gasteiger partial charge on any atom is 0.119 e. The lowest BCUT2D eigenvalue weighted by atomic mass is 10.3. The number of aliphatic hydroxyl groups is 1. The summed E-state index contributed by atoms with van der Waals surface area (Å²) < 4.78 is 5.49. The largest absolute Gasteiger partial charge is 0.491 e. The molecular weight excluding hydrogens is 315 g/mol. The van der Waals surface area contributed by atoms with Crippen molar-refractivity contribution in [1.29, 1.82) is 0 Å². The van der Waals surface area contributed by atoms with Crippen LogP contribution in [0.4, 0.5) is 0 Å². The normalized spacial score (nSPS) is 12.2. The zero-order valence-corrected chi connectivity index (χ0v) is 13.0. The monoisotopic (exact) mass is 328 g/mol. The van der Waals surface area contributed by atoms with Crippen molar-refractivity contribution in [3.8, 4) is 5.75 Å². The molecule has 2 rings (SSSR count). The van der Waals surface area contributed by atoms with Crippen molar-refractivity contribution < 1.29 is 9.84 Å². The summed E-state index contributed by atoms with van der Waals surface area (Å²) in [6, 6.07) is 14.6. The lowest BCUT2D eigenvalue weighted by Crippen LogP contribution is -2.19. The molecule has 0 heterocycles. The first-order valence-corrected chi connectivity index (χ1v) is 7.82. The average Bonchev–Trinajstić information content (AvgIpc) is 2.46. The highest BCUT2D eigenvalue weighted by molar-refractivity contribution is 7.99. The number of ether oxygens (including phenoxy) is 1. The lowest BCUT2D eigenvalue weighted by molar-refractivity contribution is 0.126. The molecule has 0 spiro atoms. The van der Waals surface area contributed by atoms with Gasteiger partial charge in [0.15, 0.2) is 0 Å². The maximum absolute atomic E-state index is 9.88. The second-order valence-electron chi connectivity index (χ2n) is 4.18. The number of hydrogen-bond donors (Lipinski definition) is 1. The first-order valence-electron chi connectivity index (χ1n) is 6.08. The van der Waals surface area contributed by atoms with E-state index >= 15 is 0 Å². The van der Waals surface area contributed by atoms with E-state index < -0.39 is 6.10 Å². The standard InChI is InChI=1S/C15H14Cl2O2S/c16-11-1-5-14(6-2-11)19-9-13(18)10-20-15-7-3-12(17)4-8-15/h1-8,13,18H,9-10H2/t13-/m0/s1. The Kier molecular flexibility index (Phi) is 6.05. The molecule has 0 saturated carbocycles. The third kappa shape index (κ3) is 5.25. The van der Waals surface area contributed by atoms with Gasteiger partial charge in [-0.15, -0.1) is 11.8 Å². The van der Waals surface area contributed by atoms with Crippen LogP contribution in [0.15, 0.2) is 53.4 Å². The second-order valence-corrected chi connectivity index (χ2v) is 6.15. The van der Waals surface area contributed by atoms with E-state index in [9.17, 15) is 5.11 Å². The van der Waals surface area contributed by atoms with Gasteiger partial charge in [0, 0.05) is 20.7 Å². The number of benzene rings is 2. The molecule has 0 radical (unpaired) electrons. The molecule has 0 aliphatic rings. The van der Waals surface area contributed by atoms with Gasteiger partial charge in [0.1, 0.15) is 12.4 Å². The van der Waals surface area contributed by atoms with Gasteiger partial charge in [0.05, 0.1) is 6.10 Å². The van der Waals surface area contributed by atoms with E-state index in [1.165, 1.54) is 0 Å². The number of aliphatic hydroxyl groups excluding tert-OH is 1. The lowest BCUT2D eigenvalue weighted by Gasteiger charge is -2.12. The van der Waals surface area contributed by atoms with Gasteiger partial charge in [0.2, 0.25) is 0 Å². The summed E-state index contributed by atoms with van der Waals surface area (Å²) >= 11 is 13.2. The molecule has 2 aromatic carbocycles. The van der Waals surface area contributed by atoms with Crippen LogP contribution in [0.2, 0.25) is 10.0 Å². The maximum atomic E-state index is 9.88. The summed E-state index contributed by atoms with van der Waals surface area (Å²) in [4.78, 5) is 1.07. The van der Waals surface area contributed by atoms with E-state index in [0.717, 1.165) is 4.90 Å². The molecule has 106 valence electrons. The molecule has 0 aromatic heterocycles. The highest BCUT2D eigenvalue weighted by Crippen LogP contribution is 2.21. The molecule has 0 saturated heterocycles. The van der Waals surface area contributed by atoms with E-state index in [0.29, 0.717) is 21.5 Å². The van der Waals surface area contributed by atoms with Crippen molar-refractivity contribution in [2.45, 2.75) is 11.0 Å². The SMILES string of the molecule is O[C@@H](COc1ccc(Cl)cc1)CSc1ccc(Cl)cc1. The molecule has 2 aromatic rings. The fourth-order valence-corrected chi connectivity index (χ4v) is 2.56. The van der Waals surface area contributed by atoms with Crippen molar-refractivity contribution in [2.75, 3.05) is 12.4 Å². The minimum atomic E-state index is -0.536. The zero-order valence-electron chi connectivity index (χ0n) is 10.6. The molecule has 0 fully saturated rings. The molecule has 0 aliphatic heterocycles. The summed E-state index contributed by atoms with van der Waals surface area (Å²) in [5.41, 5.74) is 0. The number of thioether (sulfide) groups is 1. The van der Waals surface area contributed by atoms with Gasteiger partial charge >= 0.3 is 0 Å². The number of rotatable bonds is 6. The van der Waals surface area contributed by atoms with Crippen LogP contribution in [0.5, 0.6) is 5.75 Å². The van der Waals surface area contributed by atoms with Gasteiger partial charge in [-0.25, -0.2) is 0 Å². The molecule has 0 unspecified atom stereocenters. The summed E-state index contributed by atoms with van der Waals surface area (Å²) in [5.74, 6) is 1.26. The molecule has 0 bridgehead atoms. The Bertz CT molecular complexity index is 479. The van der Waals surface area contributed by atoms with Crippen LogP contribution >= 0.6 is 35.0 Å². The van der Waals surface area contributed by atoms with Gasteiger partial charge in [-0.2, -0.15) is 0 Å². The van der Waals surface area contributed by atoms with E-state index in [-0.39, 0.29) is 6.61 Å². The van der Waals surface area contributed by atoms with Crippen LogP contribution in [0, 0.1) is 0 Å². The predicted octanol–water partition coefficient (Wildman–Crippen LogP) is 4.53. The number of hydrogen-bond acceptors (Lipinski definition) is 3. The van der Waals surface area contributed by atoms with Crippen LogP contribution in [0.25, 0.3) is 0 Å². The highest BCUT2D eigenvalue weighted by Gasteiger charge is 2.06. The Morgan fingerprint density at radius 1 is 0.950 bits per heavy atom. The van der Waals surface area contributed by atoms with Crippen LogP contribution in [-0.2, 0) is 0 Å². The Balaban J connectivity index is 1.73. The van der Waals surface area contributed by atoms with Crippen molar-refractivity contribution in [1.82, 2.24) is 0 Å². The van der Waals surface area contributed by atoms with E-state index in [1.807, 2.05) is 24.3 Å². The second kappa shape index (κ2) is 7.79. The Morgan fingerprint density at radius 2 is 1.50 bits per heavy atom. The van der Waals surface area contributed by atoms with Crippen LogP contribution in [-0.4, -0.2) is 23.6 Å². The third-order valence-electron chi connectivity index (χ3n) is 2.51. The van der Waals surface area contributed by atoms with Gasteiger partial charge in [-0.1, -0.05) is 23.2 Å². The van der Waals surface area contributed by atoms with Crippen LogP contribution in [0.1, 0.15) is 0 Å². The molecule has 20 heavy (non-hydrogen) atoms. The Hall–Kier alpha value is -0.870. The van der Waals surface area contributed by atoms with Crippen molar-refractivity contribution in [2.24, 2.45) is 0 Å². The molecule has 0 amide bonds. The van der Waals surface area contributed by atoms with E-state index in [1.54, 1.807) is 36.0 Å². The number of halogens is 2. The molecule has 5 heteroatoms. The fraction of sp³-hybridized carbons (Fsp3) is 0.200. The van der Waals surface area contributed by atoms with Crippen LogP contribution in [0.3, 0.4) is 0 Å². The summed E-state index contributed by atoms with van der Waals surface area (Å²) in [6.45, 7) is 0.252. The minimum absolute atomic E-state index is 0.252. The van der Waals surface area contributed by atoms with Gasteiger partial charge in [-0.3, -0.25) is 0 Å². The van der Waals surface area contributed by atoms with Crippen molar-refractivity contribution >= 4 is 35.0 Å².